The maximum atomic E-state index is 13.7. The average molecular weight is 669 g/mol. The fourth-order valence-electron chi connectivity index (χ4n) is 5.31. The number of hydrogen-bond donors (Lipinski definition) is 2. The van der Waals surface area contributed by atoms with Crippen molar-refractivity contribution in [3.8, 4) is 34.1 Å². The fraction of sp³-hybridized carbons (Fsp3) is 0.316. The van der Waals surface area contributed by atoms with Crippen molar-refractivity contribution in [1.82, 2.24) is 20.6 Å². The molecule has 0 atom stereocenters. The predicted octanol–water partition coefficient (Wildman–Crippen LogP) is 7.41. The molecule has 0 radical (unpaired) electrons. The highest BCUT2D eigenvalue weighted by atomic mass is 19.1. The number of carbonyl (C=O) groups is 1. The van der Waals surface area contributed by atoms with Gasteiger partial charge in [0.1, 0.15) is 41.2 Å². The number of nitrogens with zero attached hydrogens (tertiary/aromatic N) is 3. The van der Waals surface area contributed by atoms with E-state index in [4.69, 9.17) is 18.9 Å². The Hall–Kier alpha value is -5.45. The van der Waals surface area contributed by atoms with Crippen molar-refractivity contribution in [2.75, 3.05) is 19.8 Å². The third kappa shape index (κ3) is 10.5. The molecule has 49 heavy (non-hydrogen) atoms. The Labute approximate surface area is 285 Å². The summed E-state index contributed by atoms with van der Waals surface area (Å²) >= 11 is 0. The minimum absolute atomic E-state index is 0.0409. The highest BCUT2D eigenvalue weighted by molar-refractivity contribution is 5.73. The number of benzene rings is 4. The van der Waals surface area contributed by atoms with Gasteiger partial charge in [0, 0.05) is 36.5 Å². The summed E-state index contributed by atoms with van der Waals surface area (Å²) in [5.41, 5.74) is 4.49. The third-order valence-electron chi connectivity index (χ3n) is 7.87. The number of H-pyrrole nitrogens is 1. The van der Waals surface area contributed by atoms with E-state index in [0.717, 1.165) is 52.9 Å². The Bertz CT molecular complexity index is 1750. The molecule has 0 saturated heterocycles. The number of tetrazole rings is 1. The van der Waals surface area contributed by atoms with E-state index in [9.17, 15) is 14.3 Å². The molecule has 0 aliphatic rings. The number of carboxylic acid groups (broad SMARTS) is 1. The molecule has 10 nitrogen and oxygen atoms in total. The normalized spacial score (nSPS) is 10.9. The largest absolute Gasteiger partial charge is 0.493 e. The van der Waals surface area contributed by atoms with Crippen LogP contribution in [0.15, 0.2) is 84.9 Å². The molecule has 0 saturated carbocycles. The first-order valence-corrected chi connectivity index (χ1v) is 16.5. The Morgan fingerprint density at radius 3 is 2.16 bits per heavy atom. The van der Waals surface area contributed by atoms with Crippen molar-refractivity contribution in [3.05, 3.63) is 113 Å². The second kappa shape index (κ2) is 18.2. The molecule has 2 N–H and O–H groups in total. The topological polar surface area (TPSA) is 129 Å². The molecule has 1 aromatic heterocycles. The summed E-state index contributed by atoms with van der Waals surface area (Å²) in [6, 6.07) is 25.8. The molecule has 0 amide bonds. The van der Waals surface area contributed by atoms with E-state index >= 15 is 0 Å². The lowest BCUT2D eigenvalue weighted by Crippen LogP contribution is -2.09. The molecular formula is C38H41FN4O6. The maximum Gasteiger partial charge on any atom is 0.303 e. The monoisotopic (exact) mass is 668 g/mol. The van der Waals surface area contributed by atoms with Crippen LogP contribution in [0.25, 0.3) is 11.1 Å². The second-order valence-corrected chi connectivity index (χ2v) is 11.4. The van der Waals surface area contributed by atoms with E-state index in [1.165, 1.54) is 12.1 Å². The van der Waals surface area contributed by atoms with Gasteiger partial charge in [-0.05, 0) is 83.1 Å². The number of aromatic amines is 1. The standard InChI is InChI=1S/C38H41FN4O6/c1-2-28-24-32(29-15-17-30(39)18-16-29)36(49-26-27-10-4-3-5-11-27)25-35(28)48-23-9-22-47-34-13-8-12-33(31(34)19-20-38(44)45)46-21-7-6-14-37-40-42-43-41-37/h3-5,8,10-13,15-18,24-25H,2,6-7,9,14,19-23,26H2,1H3,(H,44,45)(H,40,41,42,43). The van der Waals surface area contributed by atoms with Crippen molar-refractivity contribution in [2.45, 2.75) is 58.5 Å². The van der Waals surface area contributed by atoms with Crippen LogP contribution in [-0.4, -0.2) is 51.5 Å². The molecule has 256 valence electrons. The molecular weight excluding hydrogens is 627 g/mol. The van der Waals surface area contributed by atoms with Crippen molar-refractivity contribution in [1.29, 1.82) is 0 Å². The lowest BCUT2D eigenvalue weighted by atomic mass is 10.00. The van der Waals surface area contributed by atoms with E-state index < -0.39 is 5.97 Å². The van der Waals surface area contributed by atoms with Gasteiger partial charge in [-0.25, -0.2) is 9.49 Å². The summed E-state index contributed by atoms with van der Waals surface area (Å²) in [6.07, 6.45) is 3.90. The summed E-state index contributed by atoms with van der Waals surface area (Å²) in [6.45, 7) is 3.66. The number of rotatable bonds is 20. The van der Waals surface area contributed by atoms with Gasteiger partial charge in [0.15, 0.2) is 0 Å². The number of ether oxygens (including phenoxy) is 4. The van der Waals surface area contributed by atoms with Crippen LogP contribution >= 0.6 is 0 Å². The molecule has 0 unspecified atom stereocenters. The van der Waals surface area contributed by atoms with Crippen LogP contribution < -0.4 is 18.9 Å². The SMILES string of the molecule is CCc1cc(-c2ccc(F)cc2)c(OCc2ccccc2)cc1OCCCOc1cccc(OCCCCc2nnn[nH]2)c1CCC(=O)O. The summed E-state index contributed by atoms with van der Waals surface area (Å²) in [7, 11) is 0. The highest BCUT2D eigenvalue weighted by Crippen LogP contribution is 2.37. The average Bonchev–Trinajstić information content (AvgIpc) is 3.64. The molecule has 5 aromatic rings. The van der Waals surface area contributed by atoms with Gasteiger partial charge in [0.2, 0.25) is 0 Å². The summed E-state index contributed by atoms with van der Waals surface area (Å²) in [5, 5.41) is 23.2. The van der Waals surface area contributed by atoms with Crippen LogP contribution in [0.3, 0.4) is 0 Å². The highest BCUT2D eigenvalue weighted by Gasteiger charge is 2.16. The number of aryl methyl sites for hydroxylation is 2. The molecule has 0 bridgehead atoms. The lowest BCUT2D eigenvalue weighted by Gasteiger charge is -2.18. The van der Waals surface area contributed by atoms with E-state index in [2.05, 4.69) is 27.5 Å². The van der Waals surface area contributed by atoms with Gasteiger partial charge in [-0.15, -0.1) is 5.10 Å². The zero-order chi connectivity index (χ0) is 34.3. The third-order valence-corrected chi connectivity index (χ3v) is 7.87. The van der Waals surface area contributed by atoms with E-state index in [1.54, 1.807) is 12.1 Å². The van der Waals surface area contributed by atoms with E-state index in [0.29, 0.717) is 62.3 Å². The number of unbranched alkanes of at least 4 members (excludes halogenated alkanes) is 1. The molecule has 0 aliphatic carbocycles. The Morgan fingerprint density at radius 2 is 1.49 bits per heavy atom. The molecule has 5 rings (SSSR count). The minimum atomic E-state index is -0.890. The first-order chi connectivity index (χ1) is 24.0. The van der Waals surface area contributed by atoms with Crippen LogP contribution in [0.4, 0.5) is 4.39 Å². The van der Waals surface area contributed by atoms with Crippen LogP contribution in [-0.2, 0) is 30.7 Å². The van der Waals surface area contributed by atoms with Crippen molar-refractivity contribution >= 4 is 5.97 Å². The predicted molar refractivity (Wildman–Crippen MR) is 183 cm³/mol. The van der Waals surface area contributed by atoms with E-state index in [-0.39, 0.29) is 18.7 Å². The zero-order valence-electron chi connectivity index (χ0n) is 27.6. The first-order valence-electron chi connectivity index (χ1n) is 16.5. The molecule has 4 aromatic carbocycles. The maximum absolute atomic E-state index is 13.7. The van der Waals surface area contributed by atoms with Gasteiger partial charge in [0.25, 0.3) is 0 Å². The van der Waals surface area contributed by atoms with Gasteiger partial charge < -0.3 is 24.1 Å². The smallest absolute Gasteiger partial charge is 0.303 e. The van der Waals surface area contributed by atoms with Gasteiger partial charge in [-0.1, -0.05) is 55.5 Å². The molecule has 0 fully saturated rings. The van der Waals surface area contributed by atoms with Crippen LogP contribution in [0.5, 0.6) is 23.0 Å². The van der Waals surface area contributed by atoms with Crippen molar-refractivity contribution in [2.24, 2.45) is 0 Å². The number of aromatic nitrogens is 4. The molecule has 1 heterocycles. The van der Waals surface area contributed by atoms with Gasteiger partial charge in [-0.3, -0.25) is 4.79 Å². The quantitative estimate of drug-likeness (QED) is 0.0815. The summed E-state index contributed by atoms with van der Waals surface area (Å²) in [4.78, 5) is 11.4. The Balaban J connectivity index is 1.21. The number of hydrogen-bond acceptors (Lipinski definition) is 8. The van der Waals surface area contributed by atoms with Gasteiger partial charge in [-0.2, -0.15) is 0 Å². The number of halogens is 1. The van der Waals surface area contributed by atoms with Crippen LogP contribution in [0, 0.1) is 5.82 Å². The molecule has 0 aliphatic heterocycles. The first kappa shape index (κ1) is 34.9. The summed E-state index contributed by atoms with van der Waals surface area (Å²) in [5.74, 6) is 2.12. The van der Waals surface area contributed by atoms with Crippen molar-refractivity contribution in [3.63, 3.8) is 0 Å². The number of nitrogens with one attached hydrogen (secondary N) is 1. The zero-order valence-corrected chi connectivity index (χ0v) is 27.6. The van der Waals surface area contributed by atoms with Crippen LogP contribution in [0.1, 0.15) is 55.1 Å². The molecule has 0 spiro atoms. The lowest BCUT2D eigenvalue weighted by molar-refractivity contribution is -0.136. The molecule has 11 heteroatoms. The summed E-state index contributed by atoms with van der Waals surface area (Å²) < 4.78 is 38.5. The number of carboxylic acids is 1. The number of aliphatic carboxylic acids is 1. The van der Waals surface area contributed by atoms with E-state index in [1.807, 2.05) is 60.7 Å². The fourth-order valence-corrected chi connectivity index (χ4v) is 5.31. The Kier molecular flexibility index (Phi) is 12.9. The van der Waals surface area contributed by atoms with Gasteiger partial charge >= 0.3 is 5.97 Å². The second-order valence-electron chi connectivity index (χ2n) is 11.4. The minimum Gasteiger partial charge on any atom is -0.493 e. The van der Waals surface area contributed by atoms with Crippen molar-refractivity contribution < 1.29 is 33.2 Å². The van der Waals surface area contributed by atoms with Gasteiger partial charge in [0.05, 0.1) is 19.8 Å². The Morgan fingerprint density at radius 1 is 0.776 bits per heavy atom. The van der Waals surface area contributed by atoms with Crippen LogP contribution in [0.2, 0.25) is 0 Å².